The van der Waals surface area contributed by atoms with Gasteiger partial charge in [-0.3, -0.25) is 14.5 Å². The van der Waals surface area contributed by atoms with Gasteiger partial charge in [0.15, 0.2) is 11.9 Å². The lowest BCUT2D eigenvalue weighted by molar-refractivity contribution is -0.184. The Labute approximate surface area is 156 Å². The zero-order chi connectivity index (χ0) is 20.0. The Bertz CT molecular complexity index is 661. The summed E-state index contributed by atoms with van der Waals surface area (Å²) >= 11 is 0. The number of hydrogen-bond donors (Lipinski definition) is 2. The molecule has 0 aromatic heterocycles. The lowest BCUT2D eigenvalue weighted by Crippen LogP contribution is -2.58. The summed E-state index contributed by atoms with van der Waals surface area (Å²) in [6.45, 7) is 3.81. The normalized spacial score (nSPS) is 17.8. The molecule has 0 aliphatic carbocycles. The first-order chi connectivity index (χ1) is 12.7. The standard InChI is InChI=1S/C18H24F3N3O3/c1-12(25)14-4-3-5-15(10-14)27-13(2)17(26)23-11-16(18(19,20)21)24-8-6-22-7-9-24/h3-5,10,13,16,22H,6-9,11H2,1-2H3,(H,23,26). The van der Waals surface area contributed by atoms with Crippen molar-refractivity contribution in [1.82, 2.24) is 15.5 Å². The topological polar surface area (TPSA) is 70.7 Å². The molecule has 2 N–H and O–H groups in total. The fourth-order valence-electron chi connectivity index (χ4n) is 2.83. The molecule has 1 fully saturated rings. The second kappa shape index (κ2) is 9.18. The van der Waals surface area contributed by atoms with Crippen LogP contribution in [0.1, 0.15) is 24.2 Å². The number of rotatable bonds is 7. The summed E-state index contributed by atoms with van der Waals surface area (Å²) in [4.78, 5) is 24.9. The van der Waals surface area contributed by atoms with Crippen LogP contribution in [-0.2, 0) is 4.79 Å². The third kappa shape index (κ3) is 6.21. The molecule has 0 saturated carbocycles. The molecule has 1 amide bonds. The Hall–Kier alpha value is -2.13. The summed E-state index contributed by atoms with van der Waals surface area (Å²) < 4.78 is 45.5. The number of ketones is 1. The summed E-state index contributed by atoms with van der Waals surface area (Å²) in [7, 11) is 0. The minimum atomic E-state index is -4.44. The van der Waals surface area contributed by atoms with Crippen LogP contribution >= 0.6 is 0 Å². The quantitative estimate of drug-likeness (QED) is 0.696. The number of alkyl halides is 3. The first kappa shape index (κ1) is 21.2. The number of carbonyl (C=O) groups excluding carboxylic acids is 2. The van der Waals surface area contributed by atoms with E-state index in [1.807, 2.05) is 0 Å². The van der Waals surface area contributed by atoms with E-state index >= 15 is 0 Å². The van der Waals surface area contributed by atoms with Crippen LogP contribution in [0.3, 0.4) is 0 Å². The van der Waals surface area contributed by atoms with Crippen LogP contribution in [0.4, 0.5) is 13.2 Å². The van der Waals surface area contributed by atoms with E-state index in [1.165, 1.54) is 24.8 Å². The molecule has 0 spiro atoms. The van der Waals surface area contributed by atoms with Crippen LogP contribution in [0.15, 0.2) is 24.3 Å². The number of carbonyl (C=O) groups is 2. The van der Waals surface area contributed by atoms with Crippen molar-refractivity contribution in [1.29, 1.82) is 0 Å². The van der Waals surface area contributed by atoms with Gasteiger partial charge in [0.25, 0.3) is 5.91 Å². The number of amides is 1. The maximum Gasteiger partial charge on any atom is 0.405 e. The highest BCUT2D eigenvalue weighted by atomic mass is 19.4. The number of Topliss-reactive ketones (excluding diaryl/α,β-unsaturated/α-hetero) is 1. The van der Waals surface area contributed by atoms with Crippen LogP contribution in [0.2, 0.25) is 0 Å². The van der Waals surface area contributed by atoms with Crippen molar-refractivity contribution in [2.75, 3.05) is 32.7 Å². The van der Waals surface area contributed by atoms with Crippen molar-refractivity contribution in [3.8, 4) is 5.75 Å². The molecule has 0 radical (unpaired) electrons. The number of nitrogens with one attached hydrogen (secondary N) is 2. The summed E-state index contributed by atoms with van der Waals surface area (Å²) in [6.07, 6.45) is -5.44. The van der Waals surface area contributed by atoms with E-state index in [1.54, 1.807) is 18.2 Å². The van der Waals surface area contributed by atoms with Gasteiger partial charge in [-0.1, -0.05) is 12.1 Å². The second-order valence-corrected chi connectivity index (χ2v) is 6.43. The molecule has 2 atom stereocenters. The molecular weight excluding hydrogens is 363 g/mol. The number of piperazine rings is 1. The molecule has 9 heteroatoms. The van der Waals surface area contributed by atoms with E-state index < -0.39 is 30.8 Å². The number of nitrogens with zero attached hydrogens (tertiary/aromatic N) is 1. The first-order valence-electron chi connectivity index (χ1n) is 8.75. The second-order valence-electron chi connectivity index (χ2n) is 6.43. The summed E-state index contributed by atoms with van der Waals surface area (Å²) in [5.41, 5.74) is 0.427. The Morgan fingerprint density at radius 2 is 1.96 bits per heavy atom. The van der Waals surface area contributed by atoms with Gasteiger partial charge in [0.05, 0.1) is 0 Å². The Balaban J connectivity index is 1.94. The average molecular weight is 387 g/mol. The van der Waals surface area contributed by atoms with E-state index in [2.05, 4.69) is 10.6 Å². The van der Waals surface area contributed by atoms with E-state index in [9.17, 15) is 22.8 Å². The van der Waals surface area contributed by atoms with Crippen LogP contribution < -0.4 is 15.4 Å². The summed E-state index contributed by atoms with van der Waals surface area (Å²) in [5.74, 6) is -0.492. The number of hydrogen-bond acceptors (Lipinski definition) is 5. The van der Waals surface area contributed by atoms with Crippen molar-refractivity contribution < 1.29 is 27.5 Å². The van der Waals surface area contributed by atoms with Crippen LogP contribution in [0, 0.1) is 0 Å². The number of halogens is 3. The molecule has 6 nitrogen and oxygen atoms in total. The third-order valence-electron chi connectivity index (χ3n) is 4.36. The molecule has 27 heavy (non-hydrogen) atoms. The largest absolute Gasteiger partial charge is 0.481 e. The molecular formula is C18H24F3N3O3. The zero-order valence-electron chi connectivity index (χ0n) is 15.3. The van der Waals surface area contributed by atoms with Gasteiger partial charge in [0.1, 0.15) is 11.8 Å². The summed E-state index contributed by atoms with van der Waals surface area (Å²) in [5, 5.41) is 5.33. The molecule has 2 unspecified atom stereocenters. The van der Waals surface area contributed by atoms with Crippen LogP contribution in [-0.4, -0.2) is 67.6 Å². The van der Waals surface area contributed by atoms with Gasteiger partial charge in [-0.05, 0) is 26.0 Å². The Morgan fingerprint density at radius 1 is 1.30 bits per heavy atom. The molecule has 2 rings (SSSR count). The minimum absolute atomic E-state index is 0.151. The molecule has 1 aliphatic heterocycles. The zero-order valence-corrected chi connectivity index (χ0v) is 15.3. The molecule has 1 heterocycles. The molecule has 1 saturated heterocycles. The highest BCUT2D eigenvalue weighted by molar-refractivity contribution is 5.94. The molecule has 150 valence electrons. The van der Waals surface area contributed by atoms with Gasteiger partial charge in [0.2, 0.25) is 0 Å². The Kier molecular flexibility index (Phi) is 7.20. The molecule has 0 bridgehead atoms. The number of ether oxygens (including phenoxy) is 1. The monoisotopic (exact) mass is 387 g/mol. The average Bonchev–Trinajstić information content (AvgIpc) is 2.61. The van der Waals surface area contributed by atoms with Gasteiger partial charge in [-0.2, -0.15) is 13.2 Å². The van der Waals surface area contributed by atoms with Gasteiger partial charge >= 0.3 is 6.18 Å². The fourth-order valence-corrected chi connectivity index (χ4v) is 2.83. The molecule has 1 aromatic carbocycles. The van der Waals surface area contributed by atoms with Crippen LogP contribution in [0.25, 0.3) is 0 Å². The van der Waals surface area contributed by atoms with Gasteiger partial charge in [-0.25, -0.2) is 0 Å². The lowest BCUT2D eigenvalue weighted by Gasteiger charge is -2.36. The minimum Gasteiger partial charge on any atom is -0.481 e. The fraction of sp³-hybridized carbons (Fsp3) is 0.556. The van der Waals surface area contributed by atoms with Crippen molar-refractivity contribution >= 4 is 11.7 Å². The van der Waals surface area contributed by atoms with Crippen molar-refractivity contribution in [3.63, 3.8) is 0 Å². The predicted octanol–water partition coefficient (Wildman–Crippen LogP) is 1.61. The SMILES string of the molecule is CC(=O)c1cccc(OC(C)C(=O)NCC(N2CCNCC2)C(F)(F)F)c1. The van der Waals surface area contributed by atoms with Gasteiger partial charge in [0, 0.05) is 38.3 Å². The number of benzene rings is 1. The Morgan fingerprint density at radius 3 is 2.56 bits per heavy atom. The van der Waals surface area contributed by atoms with E-state index in [0.29, 0.717) is 24.4 Å². The van der Waals surface area contributed by atoms with Crippen molar-refractivity contribution in [3.05, 3.63) is 29.8 Å². The molecule has 1 aromatic rings. The maximum absolute atomic E-state index is 13.3. The van der Waals surface area contributed by atoms with Crippen molar-refractivity contribution in [2.45, 2.75) is 32.2 Å². The third-order valence-corrected chi connectivity index (χ3v) is 4.36. The van der Waals surface area contributed by atoms with E-state index in [-0.39, 0.29) is 18.9 Å². The predicted molar refractivity (Wildman–Crippen MR) is 93.8 cm³/mol. The van der Waals surface area contributed by atoms with Crippen molar-refractivity contribution in [2.24, 2.45) is 0 Å². The smallest absolute Gasteiger partial charge is 0.405 e. The molecule has 1 aliphatic rings. The van der Waals surface area contributed by atoms with Gasteiger partial charge in [-0.15, -0.1) is 0 Å². The lowest BCUT2D eigenvalue weighted by atomic mass is 10.1. The summed E-state index contributed by atoms with van der Waals surface area (Å²) in [6, 6.07) is 4.56. The van der Waals surface area contributed by atoms with E-state index in [0.717, 1.165) is 0 Å². The van der Waals surface area contributed by atoms with E-state index in [4.69, 9.17) is 4.74 Å². The van der Waals surface area contributed by atoms with Gasteiger partial charge < -0.3 is 15.4 Å². The maximum atomic E-state index is 13.3. The highest BCUT2D eigenvalue weighted by Crippen LogP contribution is 2.25. The first-order valence-corrected chi connectivity index (χ1v) is 8.75. The van der Waals surface area contributed by atoms with Crippen LogP contribution in [0.5, 0.6) is 5.75 Å². The highest BCUT2D eigenvalue weighted by Gasteiger charge is 2.44.